The zero-order valence-corrected chi connectivity index (χ0v) is 13.6. The Balaban J connectivity index is 1.73. The maximum absolute atomic E-state index is 12.4. The molecule has 1 aliphatic heterocycles. The van der Waals surface area contributed by atoms with E-state index in [0.717, 1.165) is 25.7 Å². The number of hydrogen-bond donors (Lipinski definition) is 1. The molecule has 2 aromatic rings. The normalized spacial score (nSPS) is 17.7. The molecular formula is C13H18ClN5O2S. The minimum Gasteiger partial charge on any atom is -0.284 e. The summed E-state index contributed by atoms with van der Waals surface area (Å²) in [6, 6.07) is 3.46. The standard InChI is InChI=1S/C13H18ClN5O2S/c14-11-5-6-12-16-17-13(19(12)10-11)9-15-22(20,21)18-7-3-1-2-4-8-18/h5-6,10,15H,1-4,7-9H2. The first-order chi connectivity index (χ1) is 10.6. The number of nitrogens with zero attached hydrogens (tertiary/aromatic N) is 4. The van der Waals surface area contributed by atoms with Crippen molar-refractivity contribution in [2.45, 2.75) is 32.2 Å². The molecule has 0 atom stereocenters. The molecule has 1 fully saturated rings. The second kappa shape index (κ2) is 6.49. The van der Waals surface area contributed by atoms with Crippen molar-refractivity contribution >= 4 is 27.5 Å². The number of halogens is 1. The zero-order chi connectivity index (χ0) is 15.6. The van der Waals surface area contributed by atoms with Crippen LogP contribution < -0.4 is 4.72 Å². The van der Waals surface area contributed by atoms with Gasteiger partial charge >= 0.3 is 0 Å². The predicted molar refractivity (Wildman–Crippen MR) is 83.8 cm³/mol. The van der Waals surface area contributed by atoms with Crippen LogP contribution >= 0.6 is 11.6 Å². The SMILES string of the molecule is O=S(=O)(NCc1nnc2ccc(Cl)cn12)N1CCCCCC1. The predicted octanol–water partition coefficient (Wildman–Crippen LogP) is 1.59. The van der Waals surface area contributed by atoms with E-state index in [1.165, 1.54) is 4.31 Å². The van der Waals surface area contributed by atoms with Crippen LogP contribution in [0.4, 0.5) is 0 Å². The van der Waals surface area contributed by atoms with Gasteiger partial charge in [0, 0.05) is 19.3 Å². The second-order valence-corrected chi connectivity index (χ2v) is 7.52. The molecule has 0 unspecified atom stereocenters. The molecule has 3 rings (SSSR count). The monoisotopic (exact) mass is 343 g/mol. The van der Waals surface area contributed by atoms with Crippen molar-refractivity contribution in [3.63, 3.8) is 0 Å². The van der Waals surface area contributed by atoms with E-state index >= 15 is 0 Å². The Morgan fingerprint density at radius 3 is 2.59 bits per heavy atom. The van der Waals surface area contributed by atoms with E-state index in [4.69, 9.17) is 11.6 Å². The van der Waals surface area contributed by atoms with Crippen LogP contribution in [-0.4, -0.2) is 40.4 Å². The van der Waals surface area contributed by atoms with Gasteiger partial charge < -0.3 is 0 Å². The van der Waals surface area contributed by atoms with Crippen LogP contribution in [0.5, 0.6) is 0 Å². The van der Waals surface area contributed by atoms with Crippen LogP contribution in [0.1, 0.15) is 31.5 Å². The number of fused-ring (bicyclic) bond motifs is 1. The fraction of sp³-hybridized carbons (Fsp3) is 0.538. The molecule has 7 nitrogen and oxygen atoms in total. The fourth-order valence-corrected chi connectivity index (χ4v) is 3.96. The lowest BCUT2D eigenvalue weighted by Crippen LogP contribution is -2.41. The fourth-order valence-electron chi connectivity index (χ4n) is 2.56. The maximum atomic E-state index is 12.4. The van der Waals surface area contributed by atoms with Crippen molar-refractivity contribution in [1.82, 2.24) is 23.6 Å². The van der Waals surface area contributed by atoms with E-state index in [0.29, 0.717) is 29.6 Å². The van der Waals surface area contributed by atoms with Gasteiger partial charge in [-0.05, 0) is 25.0 Å². The van der Waals surface area contributed by atoms with Crippen LogP contribution in [0.15, 0.2) is 18.3 Å². The Morgan fingerprint density at radius 2 is 1.86 bits per heavy atom. The van der Waals surface area contributed by atoms with Gasteiger partial charge in [0.2, 0.25) is 0 Å². The number of aromatic nitrogens is 3. The van der Waals surface area contributed by atoms with Crippen molar-refractivity contribution < 1.29 is 8.42 Å². The highest BCUT2D eigenvalue weighted by Gasteiger charge is 2.23. The molecule has 0 aromatic carbocycles. The van der Waals surface area contributed by atoms with Crippen molar-refractivity contribution in [3.05, 3.63) is 29.2 Å². The molecule has 0 radical (unpaired) electrons. The Labute approximate surface area is 134 Å². The van der Waals surface area contributed by atoms with E-state index < -0.39 is 10.2 Å². The summed E-state index contributed by atoms with van der Waals surface area (Å²) in [5.74, 6) is 0.510. The van der Waals surface area contributed by atoms with Gasteiger partial charge in [-0.15, -0.1) is 10.2 Å². The van der Waals surface area contributed by atoms with Gasteiger partial charge in [0.05, 0.1) is 11.6 Å². The molecule has 22 heavy (non-hydrogen) atoms. The summed E-state index contributed by atoms with van der Waals surface area (Å²) in [6.07, 6.45) is 5.65. The molecule has 0 amide bonds. The zero-order valence-electron chi connectivity index (χ0n) is 12.1. The number of hydrogen-bond acceptors (Lipinski definition) is 4. The van der Waals surface area contributed by atoms with Gasteiger partial charge in [-0.25, -0.2) is 0 Å². The van der Waals surface area contributed by atoms with E-state index in [-0.39, 0.29) is 6.54 Å². The quantitative estimate of drug-likeness (QED) is 0.914. The summed E-state index contributed by atoms with van der Waals surface area (Å²) >= 11 is 5.95. The van der Waals surface area contributed by atoms with Gasteiger partial charge in [0.15, 0.2) is 11.5 Å². The van der Waals surface area contributed by atoms with Gasteiger partial charge in [-0.3, -0.25) is 4.40 Å². The third-order valence-corrected chi connectivity index (χ3v) is 5.53. The number of nitrogens with one attached hydrogen (secondary N) is 1. The topological polar surface area (TPSA) is 79.6 Å². The minimum atomic E-state index is -3.49. The van der Waals surface area contributed by atoms with E-state index in [9.17, 15) is 8.42 Å². The molecule has 0 bridgehead atoms. The van der Waals surface area contributed by atoms with Crippen molar-refractivity contribution in [3.8, 4) is 0 Å². The third kappa shape index (κ3) is 3.40. The van der Waals surface area contributed by atoms with Crippen LogP contribution in [0, 0.1) is 0 Å². The molecule has 0 spiro atoms. The highest BCUT2D eigenvalue weighted by molar-refractivity contribution is 7.87. The lowest BCUT2D eigenvalue weighted by molar-refractivity contribution is 0.414. The Morgan fingerprint density at radius 1 is 1.14 bits per heavy atom. The van der Waals surface area contributed by atoms with E-state index in [2.05, 4.69) is 14.9 Å². The van der Waals surface area contributed by atoms with Gasteiger partial charge in [-0.1, -0.05) is 24.4 Å². The lowest BCUT2D eigenvalue weighted by Gasteiger charge is -2.19. The van der Waals surface area contributed by atoms with Gasteiger partial charge in [-0.2, -0.15) is 17.4 Å². The van der Waals surface area contributed by atoms with Crippen LogP contribution in [-0.2, 0) is 16.8 Å². The molecule has 0 saturated carbocycles. The lowest BCUT2D eigenvalue weighted by atomic mass is 10.2. The summed E-state index contributed by atoms with van der Waals surface area (Å²) in [5, 5.41) is 8.55. The van der Waals surface area contributed by atoms with E-state index in [1.54, 1.807) is 22.7 Å². The van der Waals surface area contributed by atoms with Crippen molar-refractivity contribution in [1.29, 1.82) is 0 Å². The summed E-state index contributed by atoms with van der Waals surface area (Å²) in [7, 11) is -3.49. The summed E-state index contributed by atoms with van der Waals surface area (Å²) in [6.45, 7) is 1.23. The largest absolute Gasteiger partial charge is 0.284 e. The molecule has 120 valence electrons. The Kier molecular flexibility index (Phi) is 4.62. The highest BCUT2D eigenvalue weighted by Crippen LogP contribution is 2.14. The molecule has 0 aliphatic carbocycles. The third-order valence-electron chi connectivity index (χ3n) is 3.75. The average Bonchev–Trinajstić information content (AvgIpc) is 2.71. The smallest absolute Gasteiger partial charge is 0.279 e. The van der Waals surface area contributed by atoms with Crippen molar-refractivity contribution in [2.75, 3.05) is 13.1 Å². The number of rotatable bonds is 4. The molecule has 2 aromatic heterocycles. The molecular weight excluding hydrogens is 326 g/mol. The van der Waals surface area contributed by atoms with Gasteiger partial charge in [0.25, 0.3) is 10.2 Å². The molecule has 9 heteroatoms. The van der Waals surface area contributed by atoms with Crippen molar-refractivity contribution in [2.24, 2.45) is 0 Å². The molecule has 3 heterocycles. The summed E-state index contributed by atoms with van der Waals surface area (Å²) in [4.78, 5) is 0. The molecule has 1 saturated heterocycles. The molecule has 1 N–H and O–H groups in total. The highest BCUT2D eigenvalue weighted by atomic mass is 35.5. The first-order valence-electron chi connectivity index (χ1n) is 7.30. The van der Waals surface area contributed by atoms with Crippen LogP contribution in [0.3, 0.4) is 0 Å². The Bertz CT molecular complexity index is 753. The minimum absolute atomic E-state index is 0.0837. The van der Waals surface area contributed by atoms with Crippen LogP contribution in [0.25, 0.3) is 5.65 Å². The average molecular weight is 344 g/mol. The second-order valence-electron chi connectivity index (χ2n) is 5.33. The van der Waals surface area contributed by atoms with E-state index in [1.807, 2.05) is 0 Å². The summed E-state index contributed by atoms with van der Waals surface area (Å²) < 4.78 is 30.5. The Hall–Kier alpha value is -1.22. The molecule has 1 aliphatic rings. The van der Waals surface area contributed by atoms with Gasteiger partial charge in [0.1, 0.15) is 0 Å². The first kappa shape index (κ1) is 15.7. The summed E-state index contributed by atoms with van der Waals surface area (Å²) in [5.41, 5.74) is 0.633. The number of pyridine rings is 1. The van der Waals surface area contributed by atoms with Crippen LogP contribution in [0.2, 0.25) is 5.02 Å². The first-order valence-corrected chi connectivity index (χ1v) is 9.12. The maximum Gasteiger partial charge on any atom is 0.279 e.